The summed E-state index contributed by atoms with van der Waals surface area (Å²) in [5.74, 6) is 0.233. The predicted octanol–water partition coefficient (Wildman–Crippen LogP) is -0.982. The average molecular weight is 159 g/mol. The van der Waals surface area contributed by atoms with Gasteiger partial charge in [0.15, 0.2) is 0 Å². The van der Waals surface area contributed by atoms with Gasteiger partial charge in [0.1, 0.15) is 0 Å². The van der Waals surface area contributed by atoms with Crippen LogP contribution in [-0.2, 0) is 10.2 Å². The summed E-state index contributed by atoms with van der Waals surface area (Å²) < 4.78 is 22.0. The van der Waals surface area contributed by atoms with E-state index in [2.05, 4.69) is 5.14 Å². The molecular formula is C2H7ClN2O2S. The number of hydrogen-bond donors (Lipinski definition) is 2. The normalized spacial score (nSPS) is 11.8. The lowest BCUT2D eigenvalue weighted by molar-refractivity contribution is 0.586. The minimum Gasteiger partial charge on any atom is -0.216 e. The van der Waals surface area contributed by atoms with Crippen LogP contribution in [0.15, 0.2) is 0 Å². The number of nitrogens with one attached hydrogen (secondary N) is 1. The van der Waals surface area contributed by atoms with E-state index in [0.29, 0.717) is 0 Å². The van der Waals surface area contributed by atoms with Gasteiger partial charge in [-0.3, -0.25) is 0 Å². The SMILES string of the molecule is NS(=O)(=O)NCCCl. The summed E-state index contributed by atoms with van der Waals surface area (Å²) in [4.78, 5) is 0. The van der Waals surface area contributed by atoms with Crippen LogP contribution in [0.4, 0.5) is 0 Å². The minimum atomic E-state index is -3.52. The summed E-state index contributed by atoms with van der Waals surface area (Å²) >= 11 is 5.13. The van der Waals surface area contributed by atoms with Crippen LogP contribution in [0.1, 0.15) is 0 Å². The van der Waals surface area contributed by atoms with Crippen molar-refractivity contribution in [3.8, 4) is 0 Å². The molecular weight excluding hydrogens is 152 g/mol. The van der Waals surface area contributed by atoms with E-state index in [1.807, 2.05) is 4.72 Å². The van der Waals surface area contributed by atoms with Crippen LogP contribution < -0.4 is 9.86 Å². The smallest absolute Gasteiger partial charge is 0.216 e. The molecule has 0 atom stereocenters. The second kappa shape index (κ2) is 3.24. The van der Waals surface area contributed by atoms with Crippen LogP contribution in [0.5, 0.6) is 0 Å². The highest BCUT2D eigenvalue weighted by Crippen LogP contribution is 1.71. The van der Waals surface area contributed by atoms with Gasteiger partial charge in [-0.15, -0.1) is 11.6 Å². The lowest BCUT2D eigenvalue weighted by Crippen LogP contribution is -2.32. The van der Waals surface area contributed by atoms with Gasteiger partial charge in [0.25, 0.3) is 10.2 Å². The lowest BCUT2D eigenvalue weighted by Gasteiger charge is -1.94. The number of hydrogen-bond acceptors (Lipinski definition) is 2. The summed E-state index contributed by atoms with van der Waals surface area (Å²) in [6.45, 7) is 0.181. The predicted molar refractivity (Wildman–Crippen MR) is 31.8 cm³/mol. The highest BCUT2D eigenvalue weighted by Gasteiger charge is 1.95. The van der Waals surface area contributed by atoms with Gasteiger partial charge in [-0.05, 0) is 0 Å². The van der Waals surface area contributed by atoms with E-state index in [1.54, 1.807) is 0 Å². The Balaban J connectivity index is 3.42. The Kier molecular flexibility index (Phi) is 3.30. The standard InChI is InChI=1S/C2H7ClN2O2S/c3-1-2-5-8(4,6)7/h5H,1-2H2,(H2,4,6,7). The van der Waals surface area contributed by atoms with Crippen LogP contribution in [0, 0.1) is 0 Å². The molecule has 0 amide bonds. The van der Waals surface area contributed by atoms with Crippen molar-refractivity contribution in [2.24, 2.45) is 5.14 Å². The molecule has 0 rings (SSSR count). The van der Waals surface area contributed by atoms with Gasteiger partial charge in [0.2, 0.25) is 0 Å². The minimum absolute atomic E-state index is 0.181. The largest absolute Gasteiger partial charge is 0.274 e. The van der Waals surface area contributed by atoms with Gasteiger partial charge in [-0.2, -0.15) is 8.42 Å². The fraction of sp³-hybridized carbons (Fsp3) is 1.00. The lowest BCUT2D eigenvalue weighted by atomic mass is 10.8. The van der Waals surface area contributed by atoms with Gasteiger partial charge < -0.3 is 0 Å². The zero-order valence-corrected chi connectivity index (χ0v) is 5.67. The van der Waals surface area contributed by atoms with Crippen molar-refractivity contribution in [3.63, 3.8) is 0 Å². The maximum Gasteiger partial charge on any atom is 0.274 e. The molecule has 0 aromatic rings. The summed E-state index contributed by atoms with van der Waals surface area (Å²) in [6, 6.07) is 0. The Bertz CT molecular complexity index is 142. The van der Waals surface area contributed by atoms with Crippen molar-refractivity contribution < 1.29 is 8.42 Å². The third-order valence-corrected chi connectivity index (χ3v) is 1.19. The number of halogens is 1. The second-order valence-corrected chi connectivity index (χ2v) is 2.88. The third kappa shape index (κ3) is 6.16. The fourth-order valence-electron chi connectivity index (χ4n) is 0.181. The number of alkyl halides is 1. The number of rotatable bonds is 3. The van der Waals surface area contributed by atoms with E-state index in [4.69, 9.17) is 11.6 Å². The highest BCUT2D eigenvalue weighted by molar-refractivity contribution is 7.87. The first-order valence-corrected chi connectivity index (χ1v) is 3.97. The van der Waals surface area contributed by atoms with Crippen molar-refractivity contribution >= 4 is 21.8 Å². The van der Waals surface area contributed by atoms with Crippen LogP contribution in [-0.4, -0.2) is 20.8 Å². The van der Waals surface area contributed by atoms with Crippen molar-refractivity contribution in [2.45, 2.75) is 0 Å². The summed E-state index contributed by atoms with van der Waals surface area (Å²) in [5, 5.41) is 4.52. The van der Waals surface area contributed by atoms with E-state index in [1.165, 1.54) is 0 Å². The Hall–Kier alpha value is 0.160. The molecule has 0 fully saturated rings. The van der Waals surface area contributed by atoms with Crippen molar-refractivity contribution in [1.29, 1.82) is 0 Å². The van der Waals surface area contributed by atoms with E-state index < -0.39 is 10.2 Å². The van der Waals surface area contributed by atoms with Gasteiger partial charge >= 0.3 is 0 Å². The summed E-state index contributed by atoms with van der Waals surface area (Å²) in [5.41, 5.74) is 0. The van der Waals surface area contributed by atoms with E-state index in [9.17, 15) is 8.42 Å². The molecule has 0 aliphatic rings. The topological polar surface area (TPSA) is 72.2 Å². The summed E-state index contributed by atoms with van der Waals surface area (Å²) in [7, 11) is -3.52. The molecule has 0 unspecified atom stereocenters. The van der Waals surface area contributed by atoms with Gasteiger partial charge in [-0.25, -0.2) is 9.86 Å². The van der Waals surface area contributed by atoms with Gasteiger partial charge in [0, 0.05) is 12.4 Å². The molecule has 0 saturated heterocycles. The van der Waals surface area contributed by atoms with Crippen molar-refractivity contribution in [2.75, 3.05) is 12.4 Å². The maximum absolute atomic E-state index is 10.00. The first-order chi connectivity index (χ1) is 3.56. The Morgan fingerprint density at radius 3 is 2.25 bits per heavy atom. The van der Waals surface area contributed by atoms with Crippen molar-refractivity contribution in [3.05, 3.63) is 0 Å². The molecule has 8 heavy (non-hydrogen) atoms. The molecule has 0 bridgehead atoms. The molecule has 4 nitrogen and oxygen atoms in total. The molecule has 3 N–H and O–H groups in total. The van der Waals surface area contributed by atoms with Crippen LogP contribution in [0.25, 0.3) is 0 Å². The molecule has 0 spiro atoms. The molecule has 0 aromatic carbocycles. The van der Waals surface area contributed by atoms with Crippen LogP contribution >= 0.6 is 11.6 Å². The van der Waals surface area contributed by atoms with Gasteiger partial charge in [-0.1, -0.05) is 0 Å². The Morgan fingerprint density at radius 1 is 1.62 bits per heavy atom. The molecule has 0 aliphatic heterocycles. The van der Waals surface area contributed by atoms with E-state index in [-0.39, 0.29) is 12.4 Å². The monoisotopic (exact) mass is 158 g/mol. The van der Waals surface area contributed by atoms with Crippen LogP contribution in [0.3, 0.4) is 0 Å². The average Bonchev–Trinajstić information content (AvgIpc) is 1.59. The van der Waals surface area contributed by atoms with E-state index >= 15 is 0 Å². The third-order valence-electron chi connectivity index (χ3n) is 0.398. The molecule has 0 radical (unpaired) electrons. The zero-order chi connectivity index (χ0) is 6.62. The van der Waals surface area contributed by atoms with Gasteiger partial charge in [0.05, 0.1) is 0 Å². The number of nitrogens with two attached hydrogens (primary N) is 1. The Morgan fingerprint density at radius 2 is 2.12 bits per heavy atom. The fourth-order valence-corrected chi connectivity index (χ4v) is 0.774. The molecule has 50 valence electrons. The second-order valence-electron chi connectivity index (χ2n) is 1.13. The van der Waals surface area contributed by atoms with Crippen LogP contribution in [0.2, 0.25) is 0 Å². The first kappa shape index (κ1) is 8.16. The molecule has 0 heterocycles. The molecule has 0 aliphatic carbocycles. The van der Waals surface area contributed by atoms with E-state index in [0.717, 1.165) is 0 Å². The highest BCUT2D eigenvalue weighted by atomic mass is 35.5. The van der Waals surface area contributed by atoms with Crippen molar-refractivity contribution in [1.82, 2.24) is 4.72 Å². The maximum atomic E-state index is 10.00. The summed E-state index contributed by atoms with van der Waals surface area (Å²) in [6.07, 6.45) is 0. The molecule has 0 aromatic heterocycles. The zero-order valence-electron chi connectivity index (χ0n) is 4.09. The first-order valence-electron chi connectivity index (χ1n) is 1.89. The molecule has 0 saturated carbocycles. The quantitative estimate of drug-likeness (QED) is 0.519. The molecule has 6 heteroatoms. The Labute approximate surface area is 53.2 Å².